The molecule has 0 spiro atoms. The first-order chi connectivity index (χ1) is 11.5. The highest BCUT2D eigenvalue weighted by molar-refractivity contribution is 5.80. The summed E-state index contributed by atoms with van der Waals surface area (Å²) >= 11 is 0. The zero-order valence-corrected chi connectivity index (χ0v) is 13.7. The Morgan fingerprint density at radius 2 is 2.17 bits per heavy atom. The van der Waals surface area contributed by atoms with Crippen LogP contribution in [0.2, 0.25) is 0 Å². The van der Waals surface area contributed by atoms with Crippen molar-refractivity contribution in [1.82, 2.24) is 20.4 Å². The van der Waals surface area contributed by atoms with Crippen molar-refractivity contribution in [2.45, 2.75) is 26.7 Å². The molecule has 0 atom stereocenters. The van der Waals surface area contributed by atoms with E-state index >= 15 is 0 Å². The first-order valence-corrected chi connectivity index (χ1v) is 7.71. The summed E-state index contributed by atoms with van der Waals surface area (Å²) in [7, 11) is 0. The zero-order valence-electron chi connectivity index (χ0n) is 13.7. The van der Waals surface area contributed by atoms with E-state index in [2.05, 4.69) is 20.4 Å². The van der Waals surface area contributed by atoms with E-state index in [4.69, 9.17) is 9.26 Å². The number of pyridine rings is 1. The van der Waals surface area contributed by atoms with Gasteiger partial charge in [-0.15, -0.1) is 0 Å². The van der Waals surface area contributed by atoms with Gasteiger partial charge in [0.2, 0.25) is 11.7 Å². The van der Waals surface area contributed by atoms with Crippen LogP contribution in [-0.4, -0.2) is 40.2 Å². The molecular weight excluding hydrogens is 312 g/mol. The molecule has 1 N–H and O–H groups in total. The van der Waals surface area contributed by atoms with Crippen molar-refractivity contribution >= 4 is 11.9 Å². The molecule has 0 saturated carbocycles. The summed E-state index contributed by atoms with van der Waals surface area (Å²) in [6, 6.07) is 5.37. The molecule has 0 bridgehead atoms. The van der Waals surface area contributed by atoms with E-state index in [1.165, 1.54) is 0 Å². The molecule has 0 radical (unpaired) electrons. The van der Waals surface area contributed by atoms with Gasteiger partial charge in [0.15, 0.2) is 6.61 Å². The average Bonchev–Trinajstić information content (AvgIpc) is 3.06. The van der Waals surface area contributed by atoms with Gasteiger partial charge < -0.3 is 14.6 Å². The van der Waals surface area contributed by atoms with E-state index in [0.717, 1.165) is 0 Å². The van der Waals surface area contributed by atoms with Gasteiger partial charge in [-0.1, -0.05) is 25.1 Å². The largest absolute Gasteiger partial charge is 0.456 e. The Balaban J connectivity index is 1.72. The van der Waals surface area contributed by atoms with Crippen molar-refractivity contribution in [1.29, 1.82) is 0 Å². The van der Waals surface area contributed by atoms with Crippen LogP contribution >= 0.6 is 0 Å². The van der Waals surface area contributed by atoms with E-state index in [1.54, 1.807) is 18.3 Å². The number of aryl methyl sites for hydroxylation is 1. The molecule has 2 aromatic heterocycles. The molecule has 2 rings (SSSR count). The molecule has 0 aliphatic rings. The lowest BCUT2D eigenvalue weighted by Crippen LogP contribution is -2.31. The highest BCUT2D eigenvalue weighted by Crippen LogP contribution is 2.12. The lowest BCUT2D eigenvalue weighted by molar-refractivity contribution is -0.148. The smallest absolute Gasteiger partial charge is 0.306 e. The molecule has 0 aliphatic heterocycles. The Bertz CT molecular complexity index is 670. The van der Waals surface area contributed by atoms with Crippen LogP contribution in [0.4, 0.5) is 0 Å². The second kappa shape index (κ2) is 8.76. The topological polar surface area (TPSA) is 107 Å². The van der Waals surface area contributed by atoms with Crippen molar-refractivity contribution in [3.63, 3.8) is 0 Å². The molecule has 8 nitrogen and oxygen atoms in total. The minimum absolute atomic E-state index is 0.0569. The maximum absolute atomic E-state index is 11.6. The van der Waals surface area contributed by atoms with Gasteiger partial charge in [0.25, 0.3) is 5.91 Å². The Labute approximate surface area is 139 Å². The third-order valence-electron chi connectivity index (χ3n) is 2.98. The number of hydrogen-bond donors (Lipinski definition) is 1. The first kappa shape index (κ1) is 17.6. The number of amides is 1. The van der Waals surface area contributed by atoms with E-state index < -0.39 is 5.97 Å². The summed E-state index contributed by atoms with van der Waals surface area (Å²) in [5, 5.41) is 6.48. The van der Waals surface area contributed by atoms with Crippen LogP contribution in [-0.2, 0) is 20.7 Å². The van der Waals surface area contributed by atoms with Crippen LogP contribution in [0, 0.1) is 5.92 Å². The fraction of sp³-hybridized carbons (Fsp3) is 0.438. The summed E-state index contributed by atoms with van der Waals surface area (Å²) in [4.78, 5) is 31.4. The maximum atomic E-state index is 11.6. The van der Waals surface area contributed by atoms with Gasteiger partial charge in [-0.05, 0) is 18.1 Å². The highest BCUT2D eigenvalue weighted by Gasteiger charge is 2.13. The minimum atomic E-state index is -0.493. The molecule has 0 aliphatic carbocycles. The normalized spacial score (nSPS) is 10.6. The molecule has 0 unspecified atom stereocenters. The second-order valence-electron chi connectivity index (χ2n) is 5.59. The summed E-state index contributed by atoms with van der Waals surface area (Å²) < 4.78 is 9.97. The number of nitrogens with one attached hydrogen (secondary N) is 1. The first-order valence-electron chi connectivity index (χ1n) is 7.71. The highest BCUT2D eigenvalue weighted by atomic mass is 16.5. The van der Waals surface area contributed by atoms with Crippen molar-refractivity contribution in [2.24, 2.45) is 5.92 Å². The summed E-state index contributed by atoms with van der Waals surface area (Å²) in [5.41, 5.74) is 0.594. The lowest BCUT2D eigenvalue weighted by Gasteiger charge is -2.07. The van der Waals surface area contributed by atoms with Crippen molar-refractivity contribution in [2.75, 3.05) is 13.2 Å². The van der Waals surface area contributed by atoms with Crippen LogP contribution in [0.25, 0.3) is 11.5 Å². The predicted octanol–water partition coefficient (Wildman–Crippen LogP) is 1.38. The predicted molar refractivity (Wildman–Crippen MR) is 84.7 cm³/mol. The molecular formula is C16H20N4O4. The van der Waals surface area contributed by atoms with Crippen molar-refractivity contribution in [3.05, 3.63) is 30.3 Å². The number of aromatic nitrogens is 3. The third kappa shape index (κ3) is 5.79. The van der Waals surface area contributed by atoms with Crippen molar-refractivity contribution < 1.29 is 18.8 Å². The standard InChI is InChI=1S/C16H20N4O4/c1-11(2)9-18-13(21)10-23-15(22)7-6-14-19-16(20-24-14)12-5-3-4-8-17-12/h3-5,8,11H,6-7,9-10H2,1-2H3,(H,18,21). The fourth-order valence-electron chi connectivity index (χ4n) is 1.75. The van der Waals surface area contributed by atoms with Gasteiger partial charge in [-0.25, -0.2) is 0 Å². The number of carbonyl (C=O) groups is 2. The van der Waals surface area contributed by atoms with Crippen molar-refractivity contribution in [3.8, 4) is 11.5 Å². The molecule has 0 saturated heterocycles. The van der Waals surface area contributed by atoms with Gasteiger partial charge in [0.1, 0.15) is 5.69 Å². The van der Waals surface area contributed by atoms with Gasteiger partial charge in [-0.2, -0.15) is 4.98 Å². The molecule has 0 fully saturated rings. The SMILES string of the molecule is CC(C)CNC(=O)COC(=O)CCc1nc(-c2ccccn2)no1. The minimum Gasteiger partial charge on any atom is -0.456 e. The molecule has 2 heterocycles. The van der Waals surface area contributed by atoms with Crippen LogP contribution in [0.1, 0.15) is 26.2 Å². The molecule has 128 valence electrons. The van der Waals surface area contributed by atoms with Gasteiger partial charge in [0, 0.05) is 19.2 Å². The summed E-state index contributed by atoms with van der Waals surface area (Å²) in [5.74, 6) is 0.221. The summed E-state index contributed by atoms with van der Waals surface area (Å²) in [6.45, 7) is 4.23. The van der Waals surface area contributed by atoms with Crippen LogP contribution < -0.4 is 5.32 Å². The van der Waals surface area contributed by atoms with Gasteiger partial charge in [-0.3, -0.25) is 14.6 Å². The summed E-state index contributed by atoms with van der Waals surface area (Å²) in [6.07, 6.45) is 1.93. The molecule has 8 heteroatoms. The number of nitrogens with zero attached hydrogens (tertiary/aromatic N) is 3. The van der Waals surface area contributed by atoms with E-state index in [9.17, 15) is 9.59 Å². The number of carbonyl (C=O) groups excluding carboxylic acids is 2. The van der Waals surface area contributed by atoms with E-state index in [0.29, 0.717) is 29.9 Å². The second-order valence-corrected chi connectivity index (χ2v) is 5.59. The van der Waals surface area contributed by atoms with Crippen LogP contribution in [0.5, 0.6) is 0 Å². The monoisotopic (exact) mass is 332 g/mol. The number of ether oxygens (including phenoxy) is 1. The molecule has 0 aromatic carbocycles. The average molecular weight is 332 g/mol. The Hall–Kier alpha value is -2.77. The van der Waals surface area contributed by atoms with Crippen LogP contribution in [0.3, 0.4) is 0 Å². The van der Waals surface area contributed by atoms with Gasteiger partial charge >= 0.3 is 5.97 Å². The lowest BCUT2D eigenvalue weighted by atomic mass is 10.2. The maximum Gasteiger partial charge on any atom is 0.306 e. The molecule has 1 amide bonds. The number of hydrogen-bond acceptors (Lipinski definition) is 7. The van der Waals surface area contributed by atoms with E-state index in [-0.39, 0.29) is 25.4 Å². The van der Waals surface area contributed by atoms with Gasteiger partial charge in [0.05, 0.1) is 6.42 Å². The Morgan fingerprint density at radius 3 is 2.88 bits per heavy atom. The Kier molecular flexibility index (Phi) is 6.41. The fourth-order valence-corrected chi connectivity index (χ4v) is 1.75. The number of esters is 1. The van der Waals surface area contributed by atoms with Crippen LogP contribution in [0.15, 0.2) is 28.9 Å². The van der Waals surface area contributed by atoms with E-state index in [1.807, 2.05) is 19.9 Å². The zero-order chi connectivity index (χ0) is 17.4. The number of rotatable bonds is 8. The molecule has 2 aromatic rings. The molecule has 24 heavy (non-hydrogen) atoms. The Morgan fingerprint density at radius 1 is 1.33 bits per heavy atom. The third-order valence-corrected chi connectivity index (χ3v) is 2.98. The quantitative estimate of drug-likeness (QED) is 0.728.